The molecule has 1 fully saturated rings. The summed E-state index contributed by atoms with van der Waals surface area (Å²) in [7, 11) is 0. The molecule has 3 rings (SSSR count). The Bertz CT molecular complexity index is 724. The number of piperazine rings is 1. The van der Waals surface area contributed by atoms with Crippen molar-refractivity contribution in [3.63, 3.8) is 0 Å². The average molecular weight is 345 g/mol. The molecule has 0 saturated carbocycles. The number of nitrogens with zero attached hydrogens (tertiary/aromatic N) is 5. The van der Waals surface area contributed by atoms with Gasteiger partial charge in [-0.3, -0.25) is 14.6 Å². The number of amides is 2. The first-order valence-electron chi connectivity index (χ1n) is 8.26. The Labute approximate surface area is 145 Å². The van der Waals surface area contributed by atoms with Gasteiger partial charge < -0.3 is 9.80 Å². The highest BCUT2D eigenvalue weighted by molar-refractivity contribution is 6.18. The van der Waals surface area contributed by atoms with Crippen LogP contribution in [0, 0.1) is 5.92 Å². The second kappa shape index (κ2) is 7.08. The molecular formula is C17H20FN5O2. The molecule has 3 heterocycles. The third kappa shape index (κ3) is 3.57. The van der Waals surface area contributed by atoms with Crippen LogP contribution in [0.4, 0.5) is 4.39 Å². The lowest BCUT2D eigenvalue weighted by Gasteiger charge is -2.36. The predicted octanol–water partition coefficient (Wildman–Crippen LogP) is 1.17. The minimum Gasteiger partial charge on any atom is -0.337 e. The molecule has 1 aromatic heterocycles. The quantitative estimate of drug-likeness (QED) is 0.806. The topological polar surface area (TPSA) is 78.2 Å². The van der Waals surface area contributed by atoms with Crippen LogP contribution in [-0.2, 0) is 4.79 Å². The lowest BCUT2D eigenvalue weighted by Crippen LogP contribution is -2.51. The molecule has 0 aromatic carbocycles. The van der Waals surface area contributed by atoms with Gasteiger partial charge in [0.25, 0.3) is 11.8 Å². The fourth-order valence-electron chi connectivity index (χ4n) is 2.83. The number of hydrogen-bond donors (Lipinski definition) is 0. The van der Waals surface area contributed by atoms with Gasteiger partial charge in [0, 0.05) is 44.1 Å². The number of guanidine groups is 1. The van der Waals surface area contributed by atoms with Gasteiger partial charge in [0.2, 0.25) is 12.1 Å². The Hall–Kier alpha value is -2.64. The van der Waals surface area contributed by atoms with Gasteiger partial charge in [-0.1, -0.05) is 13.8 Å². The molecule has 2 aliphatic heterocycles. The second-order valence-corrected chi connectivity index (χ2v) is 6.32. The van der Waals surface area contributed by atoms with E-state index in [1.165, 1.54) is 0 Å². The molecule has 1 saturated heterocycles. The molecule has 0 aliphatic carbocycles. The average Bonchev–Trinajstić information content (AvgIpc) is 2.64. The maximum atomic E-state index is 13.9. The fourth-order valence-corrected chi connectivity index (χ4v) is 2.83. The summed E-state index contributed by atoms with van der Waals surface area (Å²) in [6, 6.07) is 3.36. The van der Waals surface area contributed by atoms with Crippen molar-refractivity contribution in [2.75, 3.05) is 26.2 Å². The molecule has 1 unspecified atom stereocenters. The van der Waals surface area contributed by atoms with Crippen LogP contribution >= 0.6 is 0 Å². The molecule has 2 aliphatic rings. The van der Waals surface area contributed by atoms with Gasteiger partial charge in [-0.25, -0.2) is 9.38 Å². The number of alkyl halides is 1. The summed E-state index contributed by atoms with van der Waals surface area (Å²) in [4.78, 5) is 39.7. The van der Waals surface area contributed by atoms with Crippen molar-refractivity contribution in [2.24, 2.45) is 15.9 Å². The Kier molecular flexibility index (Phi) is 4.87. The van der Waals surface area contributed by atoms with Crippen molar-refractivity contribution >= 4 is 23.5 Å². The van der Waals surface area contributed by atoms with E-state index in [0.717, 1.165) is 0 Å². The molecule has 132 valence electrons. The number of carbonyl (C=O) groups excluding carboxylic acids is 2. The molecule has 25 heavy (non-hydrogen) atoms. The number of halogens is 1. The van der Waals surface area contributed by atoms with Crippen LogP contribution in [0.3, 0.4) is 0 Å². The molecule has 1 aromatic rings. The highest BCUT2D eigenvalue weighted by Crippen LogP contribution is 2.16. The highest BCUT2D eigenvalue weighted by Gasteiger charge is 2.33. The van der Waals surface area contributed by atoms with Crippen LogP contribution in [0.25, 0.3) is 0 Å². The predicted molar refractivity (Wildman–Crippen MR) is 91.3 cm³/mol. The molecule has 0 bridgehead atoms. The van der Waals surface area contributed by atoms with Crippen molar-refractivity contribution in [2.45, 2.75) is 20.0 Å². The molecule has 0 radical (unpaired) electrons. The van der Waals surface area contributed by atoms with Crippen LogP contribution in [0.2, 0.25) is 0 Å². The minimum atomic E-state index is -1.75. The first-order valence-corrected chi connectivity index (χ1v) is 8.26. The zero-order valence-corrected chi connectivity index (χ0v) is 14.2. The Balaban J connectivity index is 1.67. The Morgan fingerprint density at radius 1 is 1.16 bits per heavy atom. The van der Waals surface area contributed by atoms with E-state index in [1.807, 2.05) is 4.90 Å². The molecular weight excluding hydrogens is 325 g/mol. The fraction of sp³-hybridized carbons (Fsp3) is 0.471. The maximum Gasteiger partial charge on any atom is 0.289 e. The van der Waals surface area contributed by atoms with Crippen LogP contribution < -0.4 is 0 Å². The van der Waals surface area contributed by atoms with Crippen molar-refractivity contribution < 1.29 is 14.0 Å². The first kappa shape index (κ1) is 17.2. The van der Waals surface area contributed by atoms with Gasteiger partial charge in [0.1, 0.15) is 0 Å². The molecule has 0 N–H and O–H groups in total. The SMILES string of the molecule is CC(C)C1=NC(N2CCN(C(=O)c3ccncc3)CC2)=NC(=O)C1F. The summed E-state index contributed by atoms with van der Waals surface area (Å²) in [6.07, 6.45) is 1.42. The second-order valence-electron chi connectivity index (χ2n) is 6.32. The molecule has 2 amide bonds. The Morgan fingerprint density at radius 3 is 2.40 bits per heavy atom. The number of rotatable bonds is 2. The number of aromatic nitrogens is 1. The van der Waals surface area contributed by atoms with Gasteiger partial charge in [-0.2, -0.15) is 4.99 Å². The summed E-state index contributed by atoms with van der Waals surface area (Å²) in [5.41, 5.74) is 0.805. The smallest absolute Gasteiger partial charge is 0.289 e. The van der Waals surface area contributed by atoms with Crippen molar-refractivity contribution in [3.8, 4) is 0 Å². The van der Waals surface area contributed by atoms with Gasteiger partial charge in [0.05, 0.1) is 5.71 Å². The summed E-state index contributed by atoms with van der Waals surface area (Å²) in [6.45, 7) is 5.56. The van der Waals surface area contributed by atoms with E-state index in [4.69, 9.17) is 0 Å². The van der Waals surface area contributed by atoms with E-state index < -0.39 is 12.1 Å². The van der Waals surface area contributed by atoms with E-state index in [0.29, 0.717) is 31.7 Å². The van der Waals surface area contributed by atoms with E-state index in [9.17, 15) is 14.0 Å². The van der Waals surface area contributed by atoms with Gasteiger partial charge in [0.15, 0.2) is 0 Å². The minimum absolute atomic E-state index is 0.0566. The van der Waals surface area contributed by atoms with Crippen LogP contribution in [0.5, 0.6) is 0 Å². The third-order valence-electron chi connectivity index (χ3n) is 4.28. The zero-order chi connectivity index (χ0) is 18.0. The van der Waals surface area contributed by atoms with Crippen molar-refractivity contribution in [1.29, 1.82) is 0 Å². The van der Waals surface area contributed by atoms with Crippen LogP contribution in [0.15, 0.2) is 34.5 Å². The van der Waals surface area contributed by atoms with Crippen molar-refractivity contribution in [1.82, 2.24) is 14.8 Å². The van der Waals surface area contributed by atoms with E-state index in [-0.39, 0.29) is 23.5 Å². The number of aliphatic imine (C=N–C) groups is 2. The molecule has 8 heteroatoms. The maximum absolute atomic E-state index is 13.9. The largest absolute Gasteiger partial charge is 0.337 e. The molecule has 0 spiro atoms. The third-order valence-corrected chi connectivity index (χ3v) is 4.28. The monoisotopic (exact) mass is 345 g/mol. The molecule has 1 atom stereocenters. The lowest BCUT2D eigenvalue weighted by molar-refractivity contribution is -0.120. The van der Waals surface area contributed by atoms with Gasteiger partial charge >= 0.3 is 0 Å². The van der Waals surface area contributed by atoms with Gasteiger partial charge in [-0.15, -0.1) is 0 Å². The van der Waals surface area contributed by atoms with Crippen LogP contribution in [0.1, 0.15) is 24.2 Å². The lowest BCUT2D eigenvalue weighted by atomic mass is 10.0. The normalized spacial score (nSPS) is 21.3. The summed E-state index contributed by atoms with van der Waals surface area (Å²) < 4.78 is 13.9. The van der Waals surface area contributed by atoms with Gasteiger partial charge in [-0.05, 0) is 18.1 Å². The van der Waals surface area contributed by atoms with E-state index >= 15 is 0 Å². The van der Waals surface area contributed by atoms with Crippen LogP contribution in [-0.4, -0.2) is 70.6 Å². The van der Waals surface area contributed by atoms with E-state index in [2.05, 4.69) is 15.0 Å². The number of carbonyl (C=O) groups is 2. The highest BCUT2D eigenvalue weighted by atomic mass is 19.1. The number of pyridine rings is 1. The summed E-state index contributed by atoms with van der Waals surface area (Å²) in [5.74, 6) is -0.777. The zero-order valence-electron chi connectivity index (χ0n) is 14.2. The summed E-state index contributed by atoms with van der Waals surface area (Å²) >= 11 is 0. The standard InChI is InChI=1S/C17H20FN5O2/c1-11(2)14-13(18)15(24)21-17(20-14)23-9-7-22(8-10-23)16(25)12-3-5-19-6-4-12/h3-6,11,13H,7-10H2,1-2H3. The van der Waals surface area contributed by atoms with E-state index in [1.54, 1.807) is 43.3 Å². The first-order chi connectivity index (χ1) is 12.0. The summed E-state index contributed by atoms with van der Waals surface area (Å²) in [5, 5.41) is 0. The van der Waals surface area contributed by atoms with Crippen molar-refractivity contribution in [3.05, 3.63) is 30.1 Å². The number of hydrogen-bond acceptors (Lipinski definition) is 5. The Morgan fingerprint density at radius 2 is 1.80 bits per heavy atom. The molecule has 7 nitrogen and oxygen atoms in total.